The Labute approximate surface area is 135 Å². The van der Waals surface area contributed by atoms with E-state index in [1.807, 2.05) is 6.07 Å². The maximum Gasteiger partial charge on any atom is 0.229 e. The van der Waals surface area contributed by atoms with Crippen molar-refractivity contribution in [3.63, 3.8) is 0 Å². The highest BCUT2D eigenvalue weighted by molar-refractivity contribution is 7.92. The van der Waals surface area contributed by atoms with Crippen LogP contribution in [0.5, 0.6) is 5.75 Å². The highest BCUT2D eigenvalue weighted by Crippen LogP contribution is 2.42. The minimum atomic E-state index is -3.37. The molecule has 1 aromatic rings. The summed E-state index contributed by atoms with van der Waals surface area (Å²) in [6.07, 6.45) is 2.08. The van der Waals surface area contributed by atoms with Crippen LogP contribution in [0.4, 0.5) is 5.69 Å². The summed E-state index contributed by atoms with van der Waals surface area (Å²) in [5, 5.41) is 0. The first kappa shape index (κ1) is 18.8. The second kappa shape index (κ2) is 6.11. The summed E-state index contributed by atoms with van der Waals surface area (Å²) in [7, 11) is -1.79. The summed E-state index contributed by atoms with van der Waals surface area (Å²) >= 11 is 0. The smallest absolute Gasteiger partial charge is 0.229 e. The maximum atomic E-state index is 11.7. The number of hydrogen-bond donors (Lipinski definition) is 1. The number of hydrogen-bond acceptors (Lipinski definition) is 3. The lowest BCUT2D eigenvalue weighted by molar-refractivity contribution is 0.390. The molecule has 4 nitrogen and oxygen atoms in total. The second-order valence-corrected chi connectivity index (χ2v) is 9.21. The molecule has 0 amide bonds. The third-order valence-electron chi connectivity index (χ3n) is 4.07. The quantitative estimate of drug-likeness (QED) is 0.887. The van der Waals surface area contributed by atoms with Gasteiger partial charge in [0.1, 0.15) is 5.75 Å². The minimum Gasteiger partial charge on any atom is -0.494 e. The molecule has 22 heavy (non-hydrogen) atoms. The molecular weight excluding hydrogens is 298 g/mol. The molecule has 0 atom stereocenters. The lowest BCUT2D eigenvalue weighted by atomic mass is 9.77. The second-order valence-electron chi connectivity index (χ2n) is 7.47. The molecule has 0 heterocycles. The van der Waals surface area contributed by atoms with Gasteiger partial charge in [0.25, 0.3) is 0 Å². The SMILES string of the molecule is CCC(C)(C)c1cc(C(C)(C)C)cc(NS(C)(=O)=O)c1OC. The van der Waals surface area contributed by atoms with Gasteiger partial charge < -0.3 is 4.74 Å². The van der Waals surface area contributed by atoms with Crippen LogP contribution in [0, 0.1) is 0 Å². The predicted octanol–water partition coefficient (Wildman–Crippen LogP) is 4.05. The summed E-state index contributed by atoms with van der Waals surface area (Å²) < 4.78 is 31.5. The first-order valence-corrected chi connectivity index (χ1v) is 9.41. The van der Waals surface area contributed by atoms with Crippen LogP contribution in [-0.4, -0.2) is 21.8 Å². The highest BCUT2D eigenvalue weighted by atomic mass is 32.2. The monoisotopic (exact) mass is 327 g/mol. The molecule has 0 saturated carbocycles. The van der Waals surface area contributed by atoms with Gasteiger partial charge >= 0.3 is 0 Å². The first-order valence-electron chi connectivity index (χ1n) is 7.52. The highest BCUT2D eigenvalue weighted by Gasteiger charge is 2.28. The average Bonchev–Trinajstić information content (AvgIpc) is 2.34. The third-order valence-corrected chi connectivity index (χ3v) is 4.66. The molecule has 1 rings (SSSR count). The van der Waals surface area contributed by atoms with Crippen molar-refractivity contribution in [1.82, 2.24) is 0 Å². The van der Waals surface area contributed by atoms with E-state index in [-0.39, 0.29) is 10.8 Å². The van der Waals surface area contributed by atoms with Gasteiger partial charge in [0, 0.05) is 5.56 Å². The summed E-state index contributed by atoms with van der Waals surface area (Å²) in [5.41, 5.74) is 2.42. The summed E-state index contributed by atoms with van der Waals surface area (Å²) in [4.78, 5) is 0. The third kappa shape index (κ3) is 4.38. The summed E-state index contributed by atoms with van der Waals surface area (Å²) in [6, 6.07) is 4.00. The molecule has 0 aromatic heterocycles. The van der Waals surface area contributed by atoms with Gasteiger partial charge in [0.05, 0.1) is 19.1 Å². The standard InChI is InChI=1S/C17H29NO3S/c1-9-17(5,6)13-10-12(16(2,3)4)11-14(15(13)21-7)18-22(8,19)20/h10-11,18H,9H2,1-8H3. The van der Waals surface area contributed by atoms with Crippen LogP contribution < -0.4 is 9.46 Å². The molecule has 0 unspecified atom stereocenters. The zero-order valence-electron chi connectivity index (χ0n) is 15.0. The fourth-order valence-corrected chi connectivity index (χ4v) is 2.80. The Morgan fingerprint density at radius 2 is 1.68 bits per heavy atom. The van der Waals surface area contributed by atoms with Crippen molar-refractivity contribution in [3.8, 4) is 5.75 Å². The van der Waals surface area contributed by atoms with Crippen molar-refractivity contribution in [2.45, 2.75) is 58.8 Å². The van der Waals surface area contributed by atoms with Gasteiger partial charge in [-0.25, -0.2) is 8.42 Å². The molecule has 0 spiro atoms. The van der Waals surface area contributed by atoms with E-state index in [2.05, 4.69) is 52.3 Å². The Morgan fingerprint density at radius 3 is 2.05 bits per heavy atom. The van der Waals surface area contributed by atoms with Crippen molar-refractivity contribution in [2.75, 3.05) is 18.1 Å². The van der Waals surface area contributed by atoms with Gasteiger partial charge in [-0.3, -0.25) is 4.72 Å². The number of nitrogens with one attached hydrogen (secondary N) is 1. The molecule has 0 aliphatic carbocycles. The van der Waals surface area contributed by atoms with Gasteiger partial charge in [0.2, 0.25) is 10.0 Å². The van der Waals surface area contributed by atoms with E-state index in [1.54, 1.807) is 7.11 Å². The Bertz CT molecular complexity index is 641. The molecule has 0 fully saturated rings. The normalized spacial score (nSPS) is 13.1. The number of ether oxygens (including phenoxy) is 1. The van der Waals surface area contributed by atoms with Gasteiger partial charge in [-0.1, -0.05) is 47.6 Å². The van der Waals surface area contributed by atoms with Crippen LogP contribution in [0.25, 0.3) is 0 Å². The molecular formula is C17H29NO3S. The lowest BCUT2D eigenvalue weighted by Crippen LogP contribution is -2.21. The van der Waals surface area contributed by atoms with E-state index in [0.29, 0.717) is 11.4 Å². The number of methoxy groups -OCH3 is 1. The Morgan fingerprint density at radius 1 is 1.14 bits per heavy atom. The average molecular weight is 327 g/mol. The first-order chi connectivity index (χ1) is 9.81. The predicted molar refractivity (Wildman–Crippen MR) is 93.5 cm³/mol. The van der Waals surface area contributed by atoms with E-state index < -0.39 is 10.0 Å². The van der Waals surface area contributed by atoms with Crippen molar-refractivity contribution in [3.05, 3.63) is 23.3 Å². The van der Waals surface area contributed by atoms with E-state index in [0.717, 1.165) is 23.8 Å². The maximum absolute atomic E-state index is 11.7. The van der Waals surface area contributed by atoms with Gasteiger partial charge in [-0.15, -0.1) is 0 Å². The largest absolute Gasteiger partial charge is 0.494 e. The molecule has 1 N–H and O–H groups in total. The zero-order chi connectivity index (χ0) is 17.3. The van der Waals surface area contributed by atoms with Crippen LogP contribution in [0.2, 0.25) is 0 Å². The van der Waals surface area contributed by atoms with Crippen molar-refractivity contribution >= 4 is 15.7 Å². The molecule has 0 bridgehead atoms. The number of benzene rings is 1. The van der Waals surface area contributed by atoms with Crippen molar-refractivity contribution in [1.29, 1.82) is 0 Å². The Hall–Kier alpha value is -1.23. The van der Waals surface area contributed by atoms with Gasteiger partial charge in [-0.05, 0) is 28.9 Å². The fourth-order valence-electron chi connectivity index (χ4n) is 2.25. The minimum absolute atomic E-state index is 0.0845. The van der Waals surface area contributed by atoms with Crippen LogP contribution in [0.1, 0.15) is 59.1 Å². The van der Waals surface area contributed by atoms with E-state index in [9.17, 15) is 8.42 Å². The van der Waals surface area contributed by atoms with Gasteiger partial charge in [-0.2, -0.15) is 0 Å². The van der Waals surface area contributed by atoms with Crippen molar-refractivity contribution < 1.29 is 13.2 Å². The molecule has 0 aliphatic rings. The Kier molecular flexibility index (Phi) is 5.22. The van der Waals surface area contributed by atoms with Crippen LogP contribution in [0.15, 0.2) is 12.1 Å². The molecule has 0 saturated heterocycles. The Balaban J connectivity index is 3.71. The van der Waals surface area contributed by atoms with Gasteiger partial charge in [0.15, 0.2) is 0 Å². The van der Waals surface area contributed by atoms with Crippen LogP contribution in [0.3, 0.4) is 0 Å². The number of sulfonamides is 1. The topological polar surface area (TPSA) is 55.4 Å². The van der Waals surface area contributed by atoms with E-state index >= 15 is 0 Å². The molecule has 0 aliphatic heterocycles. The van der Waals surface area contributed by atoms with Crippen LogP contribution >= 0.6 is 0 Å². The molecule has 0 radical (unpaired) electrons. The summed E-state index contributed by atoms with van der Waals surface area (Å²) in [6.45, 7) is 12.7. The molecule has 5 heteroatoms. The van der Waals surface area contributed by atoms with Crippen LogP contribution in [-0.2, 0) is 20.9 Å². The number of rotatable bonds is 5. The number of anilines is 1. The fraction of sp³-hybridized carbons (Fsp3) is 0.647. The van der Waals surface area contributed by atoms with E-state index in [1.165, 1.54) is 0 Å². The lowest BCUT2D eigenvalue weighted by Gasteiger charge is -2.30. The summed E-state index contributed by atoms with van der Waals surface area (Å²) in [5.74, 6) is 0.602. The molecule has 1 aromatic carbocycles. The molecule has 126 valence electrons. The van der Waals surface area contributed by atoms with Crippen molar-refractivity contribution in [2.24, 2.45) is 0 Å². The zero-order valence-corrected chi connectivity index (χ0v) is 15.8. The van der Waals surface area contributed by atoms with E-state index in [4.69, 9.17) is 4.74 Å².